The summed E-state index contributed by atoms with van der Waals surface area (Å²) >= 11 is 0. The van der Waals surface area contributed by atoms with Gasteiger partial charge in [-0.25, -0.2) is 4.98 Å². The fourth-order valence-electron chi connectivity index (χ4n) is 2.69. The number of rotatable bonds is 3. The average molecular weight is 364 g/mol. The lowest BCUT2D eigenvalue weighted by Crippen LogP contribution is -2.22. The summed E-state index contributed by atoms with van der Waals surface area (Å²) in [6.45, 7) is 1.85. The van der Waals surface area contributed by atoms with E-state index in [0.29, 0.717) is 27.7 Å². The molecule has 1 heterocycles. The molecule has 0 saturated carbocycles. The van der Waals surface area contributed by atoms with Gasteiger partial charge in [-0.3, -0.25) is 14.4 Å². The van der Waals surface area contributed by atoms with Gasteiger partial charge in [-0.2, -0.15) is 0 Å². The van der Waals surface area contributed by atoms with E-state index < -0.39 is 0 Å². The molecule has 27 heavy (non-hydrogen) atoms. The van der Waals surface area contributed by atoms with Crippen LogP contribution in [0.5, 0.6) is 0 Å². The molecule has 138 valence electrons. The van der Waals surface area contributed by atoms with Gasteiger partial charge in [-0.1, -0.05) is 6.07 Å². The summed E-state index contributed by atoms with van der Waals surface area (Å²) in [7, 11) is 4.97. The molecule has 0 atom stereocenters. The monoisotopic (exact) mass is 364 g/mol. The maximum absolute atomic E-state index is 12.7. The third-order valence-electron chi connectivity index (χ3n) is 4.32. The molecule has 2 aromatic carbocycles. The zero-order chi connectivity index (χ0) is 19.7. The zero-order valence-corrected chi connectivity index (χ0v) is 15.6. The van der Waals surface area contributed by atoms with Gasteiger partial charge in [0, 0.05) is 38.0 Å². The minimum Gasteiger partial charge on any atom is -0.345 e. The lowest BCUT2D eigenvalue weighted by atomic mass is 10.1. The molecule has 0 spiro atoms. The van der Waals surface area contributed by atoms with E-state index in [-0.39, 0.29) is 17.4 Å². The third kappa shape index (κ3) is 3.57. The van der Waals surface area contributed by atoms with Gasteiger partial charge in [0.25, 0.3) is 17.4 Å². The second-order valence-corrected chi connectivity index (χ2v) is 6.58. The van der Waals surface area contributed by atoms with Crippen molar-refractivity contribution in [1.29, 1.82) is 0 Å². The minimum absolute atomic E-state index is 0.142. The first-order valence-electron chi connectivity index (χ1n) is 8.37. The summed E-state index contributed by atoms with van der Waals surface area (Å²) in [5.41, 5.74) is 2.56. The van der Waals surface area contributed by atoms with E-state index in [1.54, 1.807) is 57.5 Å². The molecule has 0 fully saturated rings. The second-order valence-electron chi connectivity index (χ2n) is 6.58. The van der Waals surface area contributed by atoms with Crippen molar-refractivity contribution < 1.29 is 9.59 Å². The first-order chi connectivity index (χ1) is 12.8. The molecule has 2 amide bonds. The Labute approximate surface area is 156 Å². The molecule has 0 aliphatic rings. The molecule has 1 N–H and O–H groups in total. The number of fused-ring (bicyclic) bond motifs is 1. The predicted molar refractivity (Wildman–Crippen MR) is 104 cm³/mol. The quantitative estimate of drug-likeness (QED) is 0.772. The number of aromatic nitrogens is 2. The van der Waals surface area contributed by atoms with Crippen molar-refractivity contribution in [1.82, 2.24) is 14.5 Å². The van der Waals surface area contributed by atoms with Crippen LogP contribution in [0.1, 0.15) is 26.3 Å². The molecular weight excluding hydrogens is 344 g/mol. The van der Waals surface area contributed by atoms with Crippen LogP contribution >= 0.6 is 0 Å². The van der Waals surface area contributed by atoms with Crippen LogP contribution in [-0.4, -0.2) is 40.4 Å². The normalized spacial score (nSPS) is 10.7. The summed E-state index contributed by atoms with van der Waals surface area (Å²) in [6, 6.07) is 9.94. The van der Waals surface area contributed by atoms with E-state index in [9.17, 15) is 14.4 Å². The van der Waals surface area contributed by atoms with E-state index in [0.717, 1.165) is 5.56 Å². The first-order valence-corrected chi connectivity index (χ1v) is 8.37. The van der Waals surface area contributed by atoms with Gasteiger partial charge in [0.1, 0.15) is 0 Å². The fraction of sp³-hybridized carbons (Fsp3) is 0.200. The number of benzene rings is 2. The molecule has 0 radical (unpaired) electrons. The van der Waals surface area contributed by atoms with Crippen LogP contribution in [0.4, 0.5) is 5.69 Å². The van der Waals surface area contributed by atoms with Crippen LogP contribution in [0.2, 0.25) is 0 Å². The Hall–Kier alpha value is -3.48. The summed E-state index contributed by atoms with van der Waals surface area (Å²) in [5, 5.41) is 3.28. The number of aryl methyl sites for hydroxylation is 2. The van der Waals surface area contributed by atoms with Crippen molar-refractivity contribution in [3.05, 3.63) is 69.8 Å². The van der Waals surface area contributed by atoms with Crippen molar-refractivity contribution in [3.63, 3.8) is 0 Å². The molecule has 3 rings (SSSR count). The number of carbonyl (C=O) groups is 2. The van der Waals surface area contributed by atoms with E-state index in [4.69, 9.17) is 0 Å². The zero-order valence-electron chi connectivity index (χ0n) is 15.6. The van der Waals surface area contributed by atoms with Gasteiger partial charge >= 0.3 is 0 Å². The number of carbonyl (C=O) groups excluding carboxylic acids is 2. The smallest absolute Gasteiger partial charge is 0.260 e. The molecule has 1 aromatic heterocycles. The van der Waals surface area contributed by atoms with Crippen LogP contribution in [0.15, 0.2) is 47.5 Å². The summed E-state index contributed by atoms with van der Waals surface area (Å²) < 4.78 is 1.39. The Morgan fingerprint density at radius 3 is 2.48 bits per heavy atom. The van der Waals surface area contributed by atoms with E-state index in [2.05, 4.69) is 10.3 Å². The Bertz CT molecular complexity index is 1120. The van der Waals surface area contributed by atoms with Crippen LogP contribution in [0, 0.1) is 6.92 Å². The van der Waals surface area contributed by atoms with Crippen molar-refractivity contribution in [3.8, 4) is 0 Å². The molecule has 0 aliphatic heterocycles. The highest BCUT2D eigenvalue weighted by atomic mass is 16.2. The minimum atomic E-state index is -0.336. The number of nitrogens with zero attached hydrogens (tertiary/aromatic N) is 3. The highest BCUT2D eigenvalue weighted by Gasteiger charge is 2.14. The van der Waals surface area contributed by atoms with Crippen LogP contribution in [0.25, 0.3) is 10.9 Å². The summed E-state index contributed by atoms with van der Waals surface area (Å²) in [6.07, 6.45) is 1.42. The lowest BCUT2D eigenvalue weighted by molar-refractivity contribution is 0.0827. The Kier molecular flexibility index (Phi) is 4.77. The van der Waals surface area contributed by atoms with Gasteiger partial charge in [0.2, 0.25) is 0 Å². The fourth-order valence-corrected chi connectivity index (χ4v) is 2.69. The van der Waals surface area contributed by atoms with Crippen molar-refractivity contribution >= 4 is 28.4 Å². The van der Waals surface area contributed by atoms with Gasteiger partial charge in [-0.05, 0) is 42.8 Å². The van der Waals surface area contributed by atoms with Gasteiger partial charge in [0.05, 0.1) is 17.2 Å². The Morgan fingerprint density at radius 1 is 1.07 bits per heavy atom. The first kappa shape index (κ1) is 18.3. The van der Waals surface area contributed by atoms with Crippen LogP contribution < -0.4 is 10.9 Å². The molecule has 3 aromatic rings. The van der Waals surface area contributed by atoms with Gasteiger partial charge in [-0.15, -0.1) is 0 Å². The van der Waals surface area contributed by atoms with E-state index in [1.165, 1.54) is 15.8 Å². The molecule has 7 heteroatoms. The van der Waals surface area contributed by atoms with Crippen molar-refractivity contribution in [2.75, 3.05) is 19.4 Å². The number of amides is 2. The van der Waals surface area contributed by atoms with Crippen molar-refractivity contribution in [2.45, 2.75) is 6.92 Å². The average Bonchev–Trinajstić information content (AvgIpc) is 2.65. The Balaban J connectivity index is 1.92. The Morgan fingerprint density at radius 2 is 1.78 bits per heavy atom. The van der Waals surface area contributed by atoms with Crippen LogP contribution in [0.3, 0.4) is 0 Å². The standard InChI is InChI=1S/C20H20N4O3/c1-12-5-6-14(19(26)23(2)3)10-16(12)22-18(25)13-7-8-15-17(9-13)21-11-24(4)20(15)27/h5-11H,1-4H3,(H,22,25). The van der Waals surface area contributed by atoms with Crippen molar-refractivity contribution in [2.24, 2.45) is 7.05 Å². The molecule has 0 unspecified atom stereocenters. The molecule has 0 saturated heterocycles. The SMILES string of the molecule is Cc1ccc(C(=O)N(C)C)cc1NC(=O)c1ccc2c(=O)n(C)cnc2c1. The number of hydrogen-bond donors (Lipinski definition) is 1. The number of nitrogens with one attached hydrogen (secondary N) is 1. The van der Waals surface area contributed by atoms with E-state index in [1.807, 2.05) is 6.92 Å². The van der Waals surface area contributed by atoms with E-state index >= 15 is 0 Å². The maximum atomic E-state index is 12.7. The highest BCUT2D eigenvalue weighted by Crippen LogP contribution is 2.19. The number of anilines is 1. The summed E-state index contributed by atoms with van der Waals surface area (Å²) in [5.74, 6) is -0.479. The van der Waals surface area contributed by atoms with Crippen LogP contribution in [-0.2, 0) is 7.05 Å². The van der Waals surface area contributed by atoms with Gasteiger partial charge < -0.3 is 14.8 Å². The van der Waals surface area contributed by atoms with Gasteiger partial charge in [0.15, 0.2) is 0 Å². The largest absolute Gasteiger partial charge is 0.345 e. The molecule has 0 bridgehead atoms. The molecule has 7 nitrogen and oxygen atoms in total. The maximum Gasteiger partial charge on any atom is 0.260 e. The molecular formula is C20H20N4O3. The third-order valence-corrected chi connectivity index (χ3v) is 4.32. The summed E-state index contributed by atoms with van der Waals surface area (Å²) in [4.78, 5) is 42.6. The topological polar surface area (TPSA) is 84.3 Å². The number of hydrogen-bond acceptors (Lipinski definition) is 4. The predicted octanol–water partition coefficient (Wildman–Crippen LogP) is 2.20. The molecule has 0 aliphatic carbocycles. The highest BCUT2D eigenvalue weighted by molar-refractivity contribution is 6.07. The second kappa shape index (κ2) is 7.03. The lowest BCUT2D eigenvalue weighted by Gasteiger charge is -2.14.